The molecule has 2 saturated heterocycles. The molecule has 2 heterocycles. The molecule has 0 saturated carbocycles. The number of thioether (sulfide) groups is 1. The number of hydrogen-bond acceptors (Lipinski definition) is 4. The van der Waals surface area contributed by atoms with E-state index in [0.29, 0.717) is 18.1 Å². The molecular formula is C20H30ClNO2S. The third-order valence-corrected chi connectivity index (χ3v) is 6.35. The number of halogens is 1. The van der Waals surface area contributed by atoms with E-state index < -0.39 is 0 Å². The fraction of sp³-hybridized carbons (Fsp3) is 0.700. The van der Waals surface area contributed by atoms with Crippen LogP contribution in [0, 0.1) is 5.41 Å². The molecule has 2 aliphatic heterocycles. The topological polar surface area (TPSA) is 21.7 Å². The summed E-state index contributed by atoms with van der Waals surface area (Å²) < 4.78 is 12.3. The normalized spacial score (nSPS) is 25.2. The zero-order valence-electron chi connectivity index (χ0n) is 15.4. The van der Waals surface area contributed by atoms with Crippen molar-refractivity contribution in [1.82, 2.24) is 4.90 Å². The van der Waals surface area contributed by atoms with Crippen molar-refractivity contribution in [2.45, 2.75) is 51.1 Å². The van der Waals surface area contributed by atoms with E-state index in [4.69, 9.17) is 21.1 Å². The van der Waals surface area contributed by atoms with E-state index >= 15 is 0 Å². The number of likely N-dealkylation sites (tertiary alicyclic amines) is 1. The van der Waals surface area contributed by atoms with Gasteiger partial charge < -0.3 is 14.4 Å². The molecule has 1 aromatic rings. The van der Waals surface area contributed by atoms with Crippen LogP contribution in [0.25, 0.3) is 0 Å². The molecule has 140 valence electrons. The third-order valence-electron chi connectivity index (χ3n) is 4.89. The average molecular weight is 384 g/mol. The van der Waals surface area contributed by atoms with Crippen LogP contribution in [0.4, 0.5) is 0 Å². The molecule has 5 heteroatoms. The molecule has 0 radical (unpaired) electrons. The first-order valence-corrected chi connectivity index (χ1v) is 10.8. The Bertz CT molecular complexity index is 531. The van der Waals surface area contributed by atoms with Gasteiger partial charge in [0, 0.05) is 22.7 Å². The molecule has 2 fully saturated rings. The van der Waals surface area contributed by atoms with Crippen molar-refractivity contribution < 1.29 is 9.47 Å². The van der Waals surface area contributed by atoms with Crippen molar-refractivity contribution in [1.29, 1.82) is 0 Å². The van der Waals surface area contributed by atoms with Crippen LogP contribution in [0.15, 0.2) is 24.3 Å². The average Bonchev–Trinajstić information content (AvgIpc) is 3.01. The number of benzene rings is 1. The zero-order valence-corrected chi connectivity index (χ0v) is 17.0. The van der Waals surface area contributed by atoms with Crippen molar-refractivity contribution in [2.75, 3.05) is 32.0 Å². The predicted molar refractivity (Wildman–Crippen MR) is 107 cm³/mol. The summed E-state index contributed by atoms with van der Waals surface area (Å²) in [6.07, 6.45) is 5.49. The number of rotatable bonds is 7. The van der Waals surface area contributed by atoms with Gasteiger partial charge in [0.1, 0.15) is 11.2 Å². The molecule has 0 amide bonds. The molecule has 25 heavy (non-hydrogen) atoms. The molecule has 2 atom stereocenters. The maximum atomic E-state index is 6.32. The Kier molecular flexibility index (Phi) is 6.95. The monoisotopic (exact) mass is 383 g/mol. The molecule has 0 bridgehead atoms. The predicted octanol–water partition coefficient (Wildman–Crippen LogP) is 5.08. The Balaban J connectivity index is 1.40. The van der Waals surface area contributed by atoms with Crippen molar-refractivity contribution in [2.24, 2.45) is 5.41 Å². The summed E-state index contributed by atoms with van der Waals surface area (Å²) in [5, 5.41) is 0.738. The van der Waals surface area contributed by atoms with Crippen LogP contribution < -0.4 is 4.74 Å². The Labute approximate surface area is 161 Å². The van der Waals surface area contributed by atoms with Gasteiger partial charge in [0.2, 0.25) is 0 Å². The second-order valence-corrected chi connectivity index (χ2v) is 9.62. The molecule has 1 aromatic carbocycles. The van der Waals surface area contributed by atoms with Crippen molar-refractivity contribution >= 4 is 23.4 Å². The van der Waals surface area contributed by atoms with Gasteiger partial charge in [-0.2, -0.15) is 0 Å². The van der Waals surface area contributed by atoms with Gasteiger partial charge in [0.25, 0.3) is 0 Å². The minimum absolute atomic E-state index is 0.0807. The highest BCUT2D eigenvalue weighted by molar-refractivity contribution is 8.00. The number of ether oxygens (including phenoxy) is 2. The fourth-order valence-electron chi connectivity index (χ4n) is 3.46. The van der Waals surface area contributed by atoms with Crippen molar-refractivity contribution in [3.8, 4) is 5.75 Å². The van der Waals surface area contributed by atoms with E-state index in [2.05, 4.69) is 18.7 Å². The minimum atomic E-state index is 0.0807. The van der Waals surface area contributed by atoms with E-state index in [9.17, 15) is 0 Å². The lowest BCUT2D eigenvalue weighted by Crippen LogP contribution is -2.37. The number of piperidine rings is 1. The second kappa shape index (κ2) is 8.98. The maximum absolute atomic E-state index is 6.32. The Morgan fingerprint density at radius 2 is 1.92 bits per heavy atom. The van der Waals surface area contributed by atoms with Crippen LogP contribution in [0.3, 0.4) is 0 Å². The first kappa shape index (κ1) is 19.3. The van der Waals surface area contributed by atoms with Crippen LogP contribution in [-0.2, 0) is 4.74 Å². The van der Waals surface area contributed by atoms with E-state index in [-0.39, 0.29) is 5.41 Å². The molecule has 0 aromatic heterocycles. The quantitative estimate of drug-likeness (QED) is 0.654. The standard InChI is InChI=1S/C20H30ClNO2S/c1-20(2,15-23-17-8-6-16(21)7-9-17)12-19-24-18(14-25-19)13-22-10-4-3-5-11-22/h6-9,18-19H,3-5,10-15H2,1-2H3. The second-order valence-electron chi connectivity index (χ2n) is 7.99. The summed E-state index contributed by atoms with van der Waals surface area (Å²) in [6, 6.07) is 7.58. The fourth-order valence-corrected chi connectivity index (χ4v) is 5.00. The van der Waals surface area contributed by atoms with Crippen LogP contribution in [0.2, 0.25) is 5.02 Å². The molecular weight excluding hydrogens is 354 g/mol. The van der Waals surface area contributed by atoms with E-state index in [1.54, 1.807) is 0 Å². The highest BCUT2D eigenvalue weighted by atomic mass is 35.5. The Hall–Kier alpha value is -0.420. The summed E-state index contributed by atoms with van der Waals surface area (Å²) in [7, 11) is 0. The van der Waals surface area contributed by atoms with E-state index in [1.165, 1.54) is 32.4 Å². The van der Waals surface area contributed by atoms with Gasteiger partial charge in [-0.05, 0) is 56.6 Å². The van der Waals surface area contributed by atoms with Gasteiger partial charge in [0.15, 0.2) is 0 Å². The summed E-state index contributed by atoms with van der Waals surface area (Å²) in [5.41, 5.74) is 0.371. The Morgan fingerprint density at radius 3 is 2.64 bits per heavy atom. The minimum Gasteiger partial charge on any atom is -0.493 e. The van der Waals surface area contributed by atoms with Gasteiger partial charge in [0.05, 0.1) is 12.7 Å². The third kappa shape index (κ3) is 6.35. The lowest BCUT2D eigenvalue weighted by Gasteiger charge is -2.30. The molecule has 0 spiro atoms. The summed E-state index contributed by atoms with van der Waals surface area (Å²) in [5.74, 6) is 2.00. The summed E-state index contributed by atoms with van der Waals surface area (Å²) in [6.45, 7) is 8.79. The molecule has 2 aliphatic rings. The first-order valence-electron chi connectivity index (χ1n) is 9.38. The maximum Gasteiger partial charge on any atom is 0.119 e. The smallest absolute Gasteiger partial charge is 0.119 e. The number of nitrogens with zero attached hydrogens (tertiary/aromatic N) is 1. The van der Waals surface area contributed by atoms with E-state index in [1.807, 2.05) is 36.0 Å². The largest absolute Gasteiger partial charge is 0.493 e. The van der Waals surface area contributed by atoms with Crippen LogP contribution in [0.5, 0.6) is 5.75 Å². The molecule has 2 unspecified atom stereocenters. The van der Waals surface area contributed by atoms with Gasteiger partial charge in [-0.15, -0.1) is 11.8 Å². The highest BCUT2D eigenvalue weighted by Crippen LogP contribution is 2.35. The van der Waals surface area contributed by atoms with E-state index in [0.717, 1.165) is 29.5 Å². The summed E-state index contributed by atoms with van der Waals surface area (Å²) >= 11 is 7.89. The SMILES string of the molecule is CC(C)(COc1ccc(Cl)cc1)CC1OC(CN2CCCCC2)CS1. The van der Waals surface area contributed by atoms with Crippen LogP contribution in [-0.4, -0.2) is 48.4 Å². The van der Waals surface area contributed by atoms with Crippen LogP contribution >= 0.6 is 23.4 Å². The van der Waals surface area contributed by atoms with Crippen LogP contribution in [0.1, 0.15) is 39.5 Å². The van der Waals surface area contributed by atoms with Gasteiger partial charge in [-0.3, -0.25) is 0 Å². The molecule has 3 rings (SSSR count). The highest BCUT2D eigenvalue weighted by Gasteiger charge is 2.32. The van der Waals surface area contributed by atoms with Gasteiger partial charge in [-0.25, -0.2) is 0 Å². The molecule has 0 N–H and O–H groups in total. The first-order chi connectivity index (χ1) is 12.0. The molecule has 3 nitrogen and oxygen atoms in total. The lowest BCUT2D eigenvalue weighted by molar-refractivity contribution is 0.0119. The lowest BCUT2D eigenvalue weighted by atomic mass is 9.91. The molecule has 0 aliphatic carbocycles. The summed E-state index contributed by atoms with van der Waals surface area (Å²) in [4.78, 5) is 2.58. The zero-order chi connectivity index (χ0) is 17.7. The number of hydrogen-bond donors (Lipinski definition) is 0. The van der Waals surface area contributed by atoms with Crippen molar-refractivity contribution in [3.05, 3.63) is 29.3 Å². The van der Waals surface area contributed by atoms with Crippen molar-refractivity contribution in [3.63, 3.8) is 0 Å². The Morgan fingerprint density at radius 1 is 1.20 bits per heavy atom. The van der Waals surface area contributed by atoms with Gasteiger partial charge >= 0.3 is 0 Å². The van der Waals surface area contributed by atoms with Gasteiger partial charge in [-0.1, -0.05) is 31.9 Å².